The molecular formula is C16H17BrO. The Kier molecular flexibility index (Phi) is 4.43. The van der Waals surface area contributed by atoms with Crippen LogP contribution in [0.15, 0.2) is 48.5 Å². The van der Waals surface area contributed by atoms with E-state index in [0.29, 0.717) is 4.83 Å². The normalized spacial score (nSPS) is 12.2. The first-order chi connectivity index (χ1) is 8.70. The van der Waals surface area contributed by atoms with E-state index in [9.17, 15) is 0 Å². The van der Waals surface area contributed by atoms with Crippen molar-refractivity contribution in [3.05, 3.63) is 65.2 Å². The van der Waals surface area contributed by atoms with E-state index >= 15 is 0 Å². The largest absolute Gasteiger partial charge is 0.497 e. The van der Waals surface area contributed by atoms with E-state index in [4.69, 9.17) is 4.74 Å². The average molecular weight is 305 g/mol. The van der Waals surface area contributed by atoms with Crippen molar-refractivity contribution in [1.82, 2.24) is 0 Å². The highest BCUT2D eigenvalue weighted by Crippen LogP contribution is 2.30. The van der Waals surface area contributed by atoms with Crippen LogP contribution in [0, 0.1) is 6.92 Å². The van der Waals surface area contributed by atoms with E-state index in [1.54, 1.807) is 7.11 Å². The number of methoxy groups -OCH3 is 1. The minimum Gasteiger partial charge on any atom is -0.497 e. The summed E-state index contributed by atoms with van der Waals surface area (Å²) in [4.78, 5) is 0.314. The standard InChI is InChI=1S/C16H17BrO/c1-12-6-3-4-7-13(12)11-16(17)14-8-5-9-15(10-14)18-2/h3-10,16H,11H2,1-2H3. The number of rotatable bonds is 4. The first-order valence-corrected chi connectivity index (χ1v) is 6.95. The number of hydrogen-bond acceptors (Lipinski definition) is 1. The molecule has 2 aromatic carbocycles. The van der Waals surface area contributed by atoms with Crippen molar-refractivity contribution in [2.24, 2.45) is 0 Å². The molecule has 0 amide bonds. The maximum Gasteiger partial charge on any atom is 0.119 e. The molecule has 1 nitrogen and oxygen atoms in total. The van der Waals surface area contributed by atoms with Crippen LogP contribution in [0.2, 0.25) is 0 Å². The molecule has 0 aromatic heterocycles. The Morgan fingerprint density at radius 2 is 1.89 bits per heavy atom. The predicted molar refractivity (Wildman–Crippen MR) is 79.5 cm³/mol. The summed E-state index contributed by atoms with van der Waals surface area (Å²) in [7, 11) is 1.70. The van der Waals surface area contributed by atoms with Crippen molar-refractivity contribution in [2.45, 2.75) is 18.2 Å². The second kappa shape index (κ2) is 6.05. The van der Waals surface area contributed by atoms with Gasteiger partial charge < -0.3 is 4.74 Å². The van der Waals surface area contributed by atoms with E-state index in [1.165, 1.54) is 16.7 Å². The molecule has 0 radical (unpaired) electrons. The van der Waals surface area contributed by atoms with Gasteiger partial charge in [-0.05, 0) is 42.2 Å². The Labute approximate surface area is 117 Å². The highest BCUT2D eigenvalue weighted by Gasteiger charge is 2.10. The summed E-state index contributed by atoms with van der Waals surface area (Å²) >= 11 is 3.76. The van der Waals surface area contributed by atoms with E-state index in [-0.39, 0.29) is 0 Å². The van der Waals surface area contributed by atoms with Crippen LogP contribution in [0.5, 0.6) is 5.75 Å². The van der Waals surface area contributed by atoms with Gasteiger partial charge >= 0.3 is 0 Å². The Balaban J connectivity index is 2.16. The molecule has 2 rings (SSSR count). The molecule has 0 fully saturated rings. The molecule has 1 unspecified atom stereocenters. The Morgan fingerprint density at radius 1 is 1.11 bits per heavy atom. The summed E-state index contributed by atoms with van der Waals surface area (Å²) in [6, 6.07) is 16.7. The van der Waals surface area contributed by atoms with Crippen molar-refractivity contribution >= 4 is 15.9 Å². The SMILES string of the molecule is COc1cccc(C(Br)Cc2ccccc2C)c1. The molecule has 0 heterocycles. The van der Waals surface area contributed by atoms with Crippen LogP contribution >= 0.6 is 15.9 Å². The summed E-state index contributed by atoms with van der Waals surface area (Å²) in [5.74, 6) is 0.904. The number of aryl methyl sites for hydroxylation is 1. The molecule has 1 atom stereocenters. The quantitative estimate of drug-likeness (QED) is 0.745. The van der Waals surface area contributed by atoms with E-state index in [1.807, 2.05) is 12.1 Å². The van der Waals surface area contributed by atoms with Gasteiger partial charge in [0, 0.05) is 4.83 Å². The number of hydrogen-bond donors (Lipinski definition) is 0. The molecule has 0 spiro atoms. The lowest BCUT2D eigenvalue weighted by atomic mass is 10.0. The van der Waals surface area contributed by atoms with Gasteiger partial charge in [-0.3, -0.25) is 0 Å². The van der Waals surface area contributed by atoms with Gasteiger partial charge in [-0.2, -0.15) is 0 Å². The molecular weight excluding hydrogens is 288 g/mol. The fourth-order valence-corrected chi connectivity index (χ4v) is 2.62. The zero-order valence-electron chi connectivity index (χ0n) is 10.7. The Hall–Kier alpha value is -1.28. The zero-order chi connectivity index (χ0) is 13.0. The molecule has 18 heavy (non-hydrogen) atoms. The molecule has 0 aliphatic heterocycles. The van der Waals surface area contributed by atoms with Crippen molar-refractivity contribution in [1.29, 1.82) is 0 Å². The number of halogens is 1. The van der Waals surface area contributed by atoms with E-state index < -0.39 is 0 Å². The third kappa shape index (κ3) is 3.14. The fourth-order valence-electron chi connectivity index (χ4n) is 1.99. The lowest BCUT2D eigenvalue weighted by Crippen LogP contribution is -1.98. The van der Waals surface area contributed by atoms with Crippen molar-refractivity contribution in [2.75, 3.05) is 7.11 Å². The maximum atomic E-state index is 5.26. The minimum absolute atomic E-state index is 0.314. The molecule has 2 aromatic rings. The predicted octanol–water partition coefficient (Wildman–Crippen LogP) is 4.68. The molecule has 0 aliphatic carbocycles. The smallest absolute Gasteiger partial charge is 0.119 e. The van der Waals surface area contributed by atoms with Crippen LogP contribution in [0.4, 0.5) is 0 Å². The molecule has 94 valence electrons. The highest BCUT2D eigenvalue weighted by molar-refractivity contribution is 9.09. The van der Waals surface area contributed by atoms with Crippen LogP contribution in [-0.4, -0.2) is 7.11 Å². The van der Waals surface area contributed by atoms with Crippen molar-refractivity contribution in [3.8, 4) is 5.75 Å². The number of benzene rings is 2. The summed E-state index contributed by atoms with van der Waals surface area (Å²) in [5, 5.41) is 0. The maximum absolute atomic E-state index is 5.26. The van der Waals surface area contributed by atoms with Crippen LogP contribution in [0.1, 0.15) is 21.5 Å². The van der Waals surface area contributed by atoms with Crippen LogP contribution in [-0.2, 0) is 6.42 Å². The van der Waals surface area contributed by atoms with Gasteiger partial charge in [0.25, 0.3) is 0 Å². The average Bonchev–Trinajstić information content (AvgIpc) is 2.41. The summed E-state index contributed by atoms with van der Waals surface area (Å²) in [6.45, 7) is 2.15. The van der Waals surface area contributed by atoms with E-state index in [0.717, 1.165) is 12.2 Å². The first-order valence-electron chi connectivity index (χ1n) is 6.03. The van der Waals surface area contributed by atoms with Crippen molar-refractivity contribution in [3.63, 3.8) is 0 Å². The fraction of sp³-hybridized carbons (Fsp3) is 0.250. The second-order valence-electron chi connectivity index (χ2n) is 4.37. The summed E-state index contributed by atoms with van der Waals surface area (Å²) < 4.78 is 5.26. The number of ether oxygens (including phenoxy) is 1. The van der Waals surface area contributed by atoms with Gasteiger partial charge in [0.05, 0.1) is 7.11 Å². The zero-order valence-corrected chi connectivity index (χ0v) is 12.3. The van der Waals surface area contributed by atoms with E-state index in [2.05, 4.69) is 59.3 Å². The minimum atomic E-state index is 0.314. The Morgan fingerprint density at radius 3 is 2.61 bits per heavy atom. The third-order valence-corrected chi connectivity index (χ3v) is 3.97. The van der Waals surface area contributed by atoms with Gasteiger partial charge in [-0.25, -0.2) is 0 Å². The van der Waals surface area contributed by atoms with Gasteiger partial charge in [0.2, 0.25) is 0 Å². The lowest BCUT2D eigenvalue weighted by Gasteiger charge is -2.13. The molecule has 0 aliphatic rings. The molecule has 0 saturated heterocycles. The van der Waals surface area contributed by atoms with Crippen molar-refractivity contribution < 1.29 is 4.74 Å². The van der Waals surface area contributed by atoms with Gasteiger partial charge in [-0.1, -0.05) is 52.3 Å². The van der Waals surface area contributed by atoms with Crippen LogP contribution in [0.3, 0.4) is 0 Å². The topological polar surface area (TPSA) is 9.23 Å². The monoisotopic (exact) mass is 304 g/mol. The Bertz CT molecular complexity index is 522. The number of alkyl halides is 1. The third-order valence-electron chi connectivity index (χ3n) is 3.12. The first kappa shape index (κ1) is 13.2. The van der Waals surface area contributed by atoms with Gasteiger partial charge in [0.15, 0.2) is 0 Å². The van der Waals surface area contributed by atoms with Gasteiger partial charge in [0.1, 0.15) is 5.75 Å². The van der Waals surface area contributed by atoms with Gasteiger partial charge in [-0.15, -0.1) is 0 Å². The molecule has 0 saturated carbocycles. The van der Waals surface area contributed by atoms with Crippen LogP contribution < -0.4 is 4.74 Å². The summed E-state index contributed by atoms with van der Waals surface area (Å²) in [6.07, 6.45) is 0.986. The molecule has 0 N–H and O–H groups in total. The highest BCUT2D eigenvalue weighted by atomic mass is 79.9. The lowest BCUT2D eigenvalue weighted by molar-refractivity contribution is 0.414. The van der Waals surface area contributed by atoms with Crippen LogP contribution in [0.25, 0.3) is 0 Å². The second-order valence-corrected chi connectivity index (χ2v) is 5.48. The summed E-state index contributed by atoms with van der Waals surface area (Å²) in [5.41, 5.74) is 3.96. The molecule has 2 heteroatoms. The molecule has 0 bridgehead atoms.